The number of carbonyl (C=O) groups excluding carboxylic acids is 1. The van der Waals surface area contributed by atoms with E-state index >= 15 is 0 Å². The zero-order valence-electron chi connectivity index (χ0n) is 17.8. The first-order valence-corrected chi connectivity index (χ1v) is 12.0. The number of carbonyl (C=O) groups is 1. The molecule has 0 amide bonds. The Hall–Kier alpha value is -1.96. The van der Waals surface area contributed by atoms with Crippen molar-refractivity contribution in [3.63, 3.8) is 0 Å². The lowest BCUT2D eigenvalue weighted by molar-refractivity contribution is -0.143. The van der Waals surface area contributed by atoms with Crippen molar-refractivity contribution in [3.05, 3.63) is 58.4 Å². The molecule has 31 heavy (non-hydrogen) atoms. The van der Waals surface area contributed by atoms with E-state index in [4.69, 9.17) is 16.3 Å². The Bertz CT molecular complexity index is 956. The Morgan fingerprint density at radius 1 is 1.19 bits per heavy atom. The van der Waals surface area contributed by atoms with Crippen LogP contribution in [0.2, 0.25) is 5.02 Å². The first kappa shape index (κ1) is 23.7. The quantitative estimate of drug-likeness (QED) is 0.410. The maximum absolute atomic E-state index is 14.4. The summed E-state index contributed by atoms with van der Waals surface area (Å²) >= 11 is 6.01. The van der Waals surface area contributed by atoms with E-state index in [1.54, 1.807) is 18.3 Å². The summed E-state index contributed by atoms with van der Waals surface area (Å²) in [4.78, 5) is 11.9. The monoisotopic (exact) mass is 466 g/mol. The zero-order valence-corrected chi connectivity index (χ0v) is 19.4. The number of anilines is 1. The molecule has 0 spiro atoms. The number of unbranched alkanes of at least 4 members (excludes halogenated alkanes) is 3. The number of hydrogen-bond donors (Lipinski definition) is 1. The predicted octanol–water partition coefficient (Wildman–Crippen LogP) is 5.14. The van der Waals surface area contributed by atoms with Gasteiger partial charge in [-0.15, -0.1) is 0 Å². The molecule has 2 unspecified atom stereocenters. The van der Waals surface area contributed by atoms with Crippen molar-refractivity contribution in [2.24, 2.45) is 0 Å². The van der Waals surface area contributed by atoms with Crippen LogP contribution in [-0.2, 0) is 20.5 Å². The number of hydrogen-bond acceptors (Lipinski definition) is 4. The van der Waals surface area contributed by atoms with Gasteiger partial charge in [0.2, 0.25) is 0 Å². The van der Waals surface area contributed by atoms with Crippen LogP contribution in [0.15, 0.2) is 41.3 Å². The van der Waals surface area contributed by atoms with Crippen LogP contribution in [-0.4, -0.2) is 30.4 Å². The molecule has 1 heterocycles. The second-order valence-electron chi connectivity index (χ2n) is 7.47. The van der Waals surface area contributed by atoms with Gasteiger partial charge >= 0.3 is 5.97 Å². The summed E-state index contributed by atoms with van der Waals surface area (Å²) in [7, 11) is 0.268. The smallest absolute Gasteiger partial charge is 0.305 e. The van der Waals surface area contributed by atoms with Gasteiger partial charge in [0.05, 0.1) is 28.3 Å². The highest BCUT2D eigenvalue weighted by molar-refractivity contribution is 7.86. The second kappa shape index (κ2) is 11.1. The normalized spacial score (nSPS) is 17.6. The van der Waals surface area contributed by atoms with Crippen molar-refractivity contribution < 1.29 is 18.1 Å². The van der Waals surface area contributed by atoms with Gasteiger partial charge in [0.15, 0.2) is 11.0 Å². The summed E-state index contributed by atoms with van der Waals surface area (Å²) in [5.74, 6) is -0.671. The van der Waals surface area contributed by atoms with Crippen molar-refractivity contribution in [2.45, 2.75) is 50.0 Å². The van der Waals surface area contributed by atoms with Crippen molar-refractivity contribution in [1.82, 2.24) is 5.32 Å². The average molecular weight is 467 g/mol. The van der Waals surface area contributed by atoms with E-state index in [-0.39, 0.29) is 17.0 Å². The Kier molecular flexibility index (Phi) is 8.46. The second-order valence-corrected chi connectivity index (χ2v) is 9.36. The van der Waals surface area contributed by atoms with E-state index in [0.717, 1.165) is 36.9 Å². The standard InChI is InChI=1S/C23H28ClFN2O3S/c1-3-30-22(28)12-6-4-5-9-13-26-23-16-10-7-8-11-20(16)27(2)31(29)21-15-18(24)19(25)14-17(21)23/h7-8,10-11,14-15,23,26H,3-6,9,12-13H2,1-2H3. The van der Waals surface area contributed by atoms with Gasteiger partial charge in [-0.2, -0.15) is 0 Å². The molecule has 0 bridgehead atoms. The largest absolute Gasteiger partial charge is 0.466 e. The molecule has 2 aromatic carbocycles. The highest BCUT2D eigenvalue weighted by atomic mass is 35.5. The molecule has 0 aromatic heterocycles. The average Bonchev–Trinajstić information content (AvgIpc) is 2.83. The number of nitrogens with one attached hydrogen (secondary N) is 1. The molecule has 5 nitrogen and oxygen atoms in total. The van der Waals surface area contributed by atoms with Crippen molar-refractivity contribution in [1.29, 1.82) is 0 Å². The number of nitrogens with zero attached hydrogens (tertiary/aromatic N) is 1. The van der Waals surface area contributed by atoms with Gasteiger partial charge in [0.1, 0.15) is 5.82 Å². The van der Waals surface area contributed by atoms with Crippen LogP contribution in [0.4, 0.5) is 10.1 Å². The summed E-state index contributed by atoms with van der Waals surface area (Å²) in [6.07, 6.45) is 4.07. The number of ether oxygens (including phenoxy) is 1. The first-order chi connectivity index (χ1) is 14.9. The Balaban J connectivity index is 1.72. The van der Waals surface area contributed by atoms with E-state index in [9.17, 15) is 13.4 Å². The lowest BCUT2D eigenvalue weighted by Gasteiger charge is -2.22. The molecule has 0 fully saturated rings. The van der Waals surface area contributed by atoms with Crippen molar-refractivity contribution in [2.75, 3.05) is 24.5 Å². The third-order valence-electron chi connectivity index (χ3n) is 5.35. The minimum absolute atomic E-state index is 0.0354. The molecule has 0 saturated heterocycles. The van der Waals surface area contributed by atoms with Gasteiger partial charge in [-0.05, 0) is 55.6 Å². The van der Waals surface area contributed by atoms with Gasteiger partial charge in [-0.1, -0.05) is 42.6 Å². The van der Waals surface area contributed by atoms with Gasteiger partial charge in [0, 0.05) is 13.5 Å². The van der Waals surface area contributed by atoms with Crippen LogP contribution in [0.25, 0.3) is 0 Å². The van der Waals surface area contributed by atoms with Gasteiger partial charge in [-0.3, -0.25) is 9.10 Å². The van der Waals surface area contributed by atoms with Crippen molar-refractivity contribution >= 4 is 34.2 Å². The van der Waals surface area contributed by atoms with E-state index in [1.807, 2.05) is 24.3 Å². The maximum Gasteiger partial charge on any atom is 0.305 e. The summed E-state index contributed by atoms with van der Waals surface area (Å²) in [6, 6.07) is 10.3. The SMILES string of the molecule is CCOC(=O)CCCCCCNC1c2ccccc2N(C)S(=O)c2cc(Cl)c(F)cc21. The van der Waals surface area contributed by atoms with Crippen LogP contribution in [0.1, 0.15) is 56.2 Å². The molecule has 0 saturated carbocycles. The van der Waals surface area contributed by atoms with E-state index in [0.29, 0.717) is 30.0 Å². The molecule has 3 rings (SSSR count). The number of esters is 1. The Labute approximate surface area is 190 Å². The number of rotatable bonds is 9. The van der Waals surface area contributed by atoms with E-state index in [1.165, 1.54) is 12.1 Å². The summed E-state index contributed by atoms with van der Waals surface area (Å²) in [5.41, 5.74) is 2.42. The molecular formula is C23H28ClFN2O3S. The fourth-order valence-electron chi connectivity index (χ4n) is 3.79. The summed E-state index contributed by atoms with van der Waals surface area (Å²) in [5, 5.41) is 3.48. The highest BCUT2D eigenvalue weighted by Gasteiger charge is 2.31. The number of halogens is 2. The molecule has 1 N–H and O–H groups in total. The third kappa shape index (κ3) is 5.64. The third-order valence-corrected chi connectivity index (χ3v) is 7.06. The number of fused-ring (bicyclic) bond motifs is 2. The minimum Gasteiger partial charge on any atom is -0.466 e. The van der Waals surface area contributed by atoms with Crippen LogP contribution >= 0.6 is 11.6 Å². The maximum atomic E-state index is 14.4. The van der Waals surface area contributed by atoms with E-state index in [2.05, 4.69) is 5.32 Å². The van der Waals surface area contributed by atoms with Gasteiger partial charge in [-0.25, -0.2) is 8.60 Å². The lowest BCUT2D eigenvalue weighted by atomic mass is 9.96. The predicted molar refractivity (Wildman–Crippen MR) is 122 cm³/mol. The molecule has 0 radical (unpaired) electrons. The molecule has 1 aliphatic rings. The molecular weight excluding hydrogens is 439 g/mol. The molecule has 2 aromatic rings. The topological polar surface area (TPSA) is 58.6 Å². The van der Waals surface area contributed by atoms with E-state index < -0.39 is 16.8 Å². The molecule has 1 aliphatic heterocycles. The van der Waals surface area contributed by atoms with Crippen LogP contribution in [0, 0.1) is 5.82 Å². The van der Waals surface area contributed by atoms with Crippen LogP contribution in [0.5, 0.6) is 0 Å². The zero-order chi connectivity index (χ0) is 22.4. The van der Waals surface area contributed by atoms with Crippen LogP contribution < -0.4 is 9.62 Å². The van der Waals surface area contributed by atoms with Gasteiger partial charge in [0.25, 0.3) is 0 Å². The minimum atomic E-state index is -1.50. The number of benzene rings is 2. The van der Waals surface area contributed by atoms with Crippen LogP contribution in [0.3, 0.4) is 0 Å². The molecule has 168 valence electrons. The highest BCUT2D eigenvalue weighted by Crippen LogP contribution is 2.40. The van der Waals surface area contributed by atoms with Gasteiger partial charge < -0.3 is 10.1 Å². The first-order valence-electron chi connectivity index (χ1n) is 10.6. The fourth-order valence-corrected chi connectivity index (χ4v) is 5.26. The number of para-hydroxylation sites is 1. The lowest BCUT2D eigenvalue weighted by Crippen LogP contribution is -2.24. The van der Waals surface area contributed by atoms with Crippen molar-refractivity contribution in [3.8, 4) is 0 Å². The molecule has 8 heteroatoms. The Morgan fingerprint density at radius 3 is 2.71 bits per heavy atom. The summed E-state index contributed by atoms with van der Waals surface area (Å²) in [6.45, 7) is 2.93. The molecule has 2 atom stereocenters. The Morgan fingerprint density at radius 2 is 1.94 bits per heavy atom. The summed E-state index contributed by atoms with van der Waals surface area (Å²) < 4.78 is 34.1. The fraction of sp³-hybridized carbons (Fsp3) is 0.435. The molecule has 0 aliphatic carbocycles.